The molecule has 0 aromatic carbocycles. The normalized spacial score (nSPS) is 14.4. The van der Waals surface area contributed by atoms with Crippen LogP contribution in [0.5, 0.6) is 0 Å². The van der Waals surface area contributed by atoms with E-state index in [1.165, 1.54) is 11.1 Å². The molecule has 0 atom stereocenters. The Morgan fingerprint density at radius 1 is 1.00 bits per heavy atom. The van der Waals surface area contributed by atoms with E-state index in [0.29, 0.717) is 19.4 Å². The summed E-state index contributed by atoms with van der Waals surface area (Å²) in [6.45, 7) is 13.1. The van der Waals surface area contributed by atoms with Crippen molar-refractivity contribution in [1.29, 1.82) is 0 Å². The summed E-state index contributed by atoms with van der Waals surface area (Å²) in [4.78, 5) is 10.3. The summed E-state index contributed by atoms with van der Waals surface area (Å²) in [6, 6.07) is 0. The van der Waals surface area contributed by atoms with Crippen molar-refractivity contribution in [2.75, 3.05) is 19.4 Å². The van der Waals surface area contributed by atoms with Gasteiger partial charge in [0.15, 0.2) is 0 Å². The fraction of sp³-hybridized carbons (Fsp3) is 0.579. The van der Waals surface area contributed by atoms with Crippen LogP contribution in [0.25, 0.3) is 0 Å². The van der Waals surface area contributed by atoms with E-state index in [1.807, 2.05) is 26.8 Å². The van der Waals surface area contributed by atoms with Crippen molar-refractivity contribution in [2.45, 2.75) is 54.4 Å². The maximum absolute atomic E-state index is 10.3. The molecule has 1 N–H and O–H groups in total. The van der Waals surface area contributed by atoms with Gasteiger partial charge in [0.2, 0.25) is 0 Å². The van der Waals surface area contributed by atoms with Gasteiger partial charge < -0.3 is 0 Å². The van der Waals surface area contributed by atoms with Gasteiger partial charge in [0.25, 0.3) is 0 Å². The van der Waals surface area contributed by atoms with Gasteiger partial charge in [-0.05, 0) is 0 Å². The van der Waals surface area contributed by atoms with Crippen molar-refractivity contribution < 1.29 is 13.9 Å². The number of hydrogen-bond acceptors (Lipinski definition) is 3. The summed E-state index contributed by atoms with van der Waals surface area (Å²) >= 11 is 0. The van der Waals surface area contributed by atoms with E-state index in [9.17, 15) is 4.89 Å². The maximum atomic E-state index is 10.3. The fourth-order valence-electron chi connectivity index (χ4n) is 2.00. The molecule has 0 heterocycles. The Labute approximate surface area is 143 Å². The second-order valence-corrected chi connectivity index (χ2v) is 8.33. The molecule has 0 fully saturated rings. The van der Waals surface area contributed by atoms with E-state index in [1.54, 1.807) is 0 Å². The summed E-state index contributed by atoms with van der Waals surface area (Å²) in [5.74, 6) is 0. The SMILES string of the molecule is CCO[PH](O)(C/C=C(C)/C=C/C=C(\C)CCC=C(C)C)OCC. The molecule has 0 spiro atoms. The molecule has 0 saturated heterocycles. The Morgan fingerprint density at radius 2 is 1.61 bits per heavy atom. The molecule has 0 saturated carbocycles. The first kappa shape index (κ1) is 22.3. The van der Waals surface area contributed by atoms with Gasteiger partial charge in [0, 0.05) is 0 Å². The molecule has 0 bridgehead atoms. The summed E-state index contributed by atoms with van der Waals surface area (Å²) in [5, 5.41) is 0. The van der Waals surface area contributed by atoms with Crippen molar-refractivity contribution in [1.82, 2.24) is 0 Å². The Kier molecular flexibility index (Phi) is 12.3. The molecule has 0 aliphatic carbocycles. The molecule has 0 aromatic heterocycles. The van der Waals surface area contributed by atoms with Gasteiger partial charge in [0.1, 0.15) is 0 Å². The van der Waals surface area contributed by atoms with Crippen LogP contribution >= 0.6 is 7.94 Å². The molecule has 134 valence electrons. The zero-order valence-electron chi connectivity index (χ0n) is 15.7. The monoisotopic (exact) mass is 342 g/mol. The molecule has 0 amide bonds. The van der Waals surface area contributed by atoms with E-state index in [4.69, 9.17) is 9.05 Å². The van der Waals surface area contributed by atoms with Gasteiger partial charge >= 0.3 is 143 Å². The predicted octanol–water partition coefficient (Wildman–Crippen LogP) is 5.74. The van der Waals surface area contributed by atoms with Crippen molar-refractivity contribution in [3.8, 4) is 0 Å². The van der Waals surface area contributed by atoms with Crippen LogP contribution in [0.3, 0.4) is 0 Å². The van der Waals surface area contributed by atoms with Gasteiger partial charge in [-0.3, -0.25) is 0 Å². The standard InChI is InChI=1S/C19H35O3P/c1-7-21-23(20,22-8-2)16-15-19(6)14-10-13-18(5)12-9-11-17(3)4/h10-11,13-15,20,23H,7-9,12,16H2,1-6H3/b14-10+,18-13+,19-15+. The average Bonchev–Trinajstić information content (AvgIpc) is 2.45. The Bertz CT molecular complexity index is 438. The second kappa shape index (κ2) is 12.7. The molecule has 4 heteroatoms. The number of rotatable bonds is 11. The van der Waals surface area contributed by atoms with Crippen LogP contribution < -0.4 is 0 Å². The molecule has 0 unspecified atom stereocenters. The van der Waals surface area contributed by atoms with Crippen LogP contribution in [0.2, 0.25) is 0 Å². The van der Waals surface area contributed by atoms with Gasteiger partial charge in [-0.2, -0.15) is 0 Å². The second-order valence-electron chi connectivity index (χ2n) is 5.92. The Morgan fingerprint density at radius 3 is 2.13 bits per heavy atom. The molecular formula is C19H35O3P. The van der Waals surface area contributed by atoms with E-state index >= 15 is 0 Å². The van der Waals surface area contributed by atoms with Crippen molar-refractivity contribution in [2.24, 2.45) is 0 Å². The number of hydrogen-bond donors (Lipinski definition) is 1. The third kappa shape index (κ3) is 12.4. The van der Waals surface area contributed by atoms with Crippen LogP contribution in [0.1, 0.15) is 54.4 Å². The average molecular weight is 342 g/mol. The molecule has 0 aromatic rings. The fourth-order valence-corrected chi connectivity index (χ4v) is 3.81. The first-order valence-corrected chi connectivity index (χ1v) is 10.4. The Balaban J connectivity index is 4.49. The molecule has 3 nitrogen and oxygen atoms in total. The van der Waals surface area contributed by atoms with Gasteiger partial charge in [-0.25, -0.2) is 0 Å². The minimum atomic E-state index is -3.03. The first-order valence-electron chi connectivity index (χ1n) is 8.47. The zero-order valence-corrected chi connectivity index (χ0v) is 16.7. The summed E-state index contributed by atoms with van der Waals surface area (Å²) in [5.41, 5.74) is 3.83. The first-order chi connectivity index (χ1) is 10.8. The van der Waals surface area contributed by atoms with E-state index in [-0.39, 0.29) is 0 Å². The van der Waals surface area contributed by atoms with Gasteiger partial charge in [0.05, 0.1) is 0 Å². The van der Waals surface area contributed by atoms with Crippen molar-refractivity contribution in [3.05, 3.63) is 47.1 Å². The number of allylic oxidation sites excluding steroid dienone is 8. The summed E-state index contributed by atoms with van der Waals surface area (Å²) in [6.07, 6.45) is 13.1. The third-order valence-corrected chi connectivity index (χ3v) is 5.45. The van der Waals surface area contributed by atoms with E-state index in [2.05, 4.69) is 45.1 Å². The molecule has 0 radical (unpaired) electrons. The van der Waals surface area contributed by atoms with E-state index in [0.717, 1.165) is 18.4 Å². The molecular weight excluding hydrogens is 307 g/mol. The molecule has 0 aliphatic heterocycles. The topological polar surface area (TPSA) is 38.7 Å². The summed E-state index contributed by atoms with van der Waals surface area (Å²) in [7, 11) is -3.03. The van der Waals surface area contributed by atoms with Crippen LogP contribution in [0.15, 0.2) is 47.1 Å². The molecule has 0 rings (SSSR count). The molecule has 0 aliphatic rings. The van der Waals surface area contributed by atoms with Crippen LogP contribution in [0.4, 0.5) is 0 Å². The quantitative estimate of drug-likeness (QED) is 0.295. The van der Waals surface area contributed by atoms with Crippen molar-refractivity contribution in [3.63, 3.8) is 0 Å². The zero-order chi connectivity index (χ0) is 17.7. The van der Waals surface area contributed by atoms with Crippen molar-refractivity contribution >= 4 is 7.94 Å². The van der Waals surface area contributed by atoms with Crippen LogP contribution in [-0.2, 0) is 9.05 Å². The van der Waals surface area contributed by atoms with Gasteiger partial charge in [-0.15, -0.1) is 0 Å². The summed E-state index contributed by atoms with van der Waals surface area (Å²) < 4.78 is 10.8. The molecule has 23 heavy (non-hydrogen) atoms. The van der Waals surface area contributed by atoms with Gasteiger partial charge in [-0.1, -0.05) is 0 Å². The minimum absolute atomic E-state index is 0.453. The van der Waals surface area contributed by atoms with Crippen LogP contribution in [-0.4, -0.2) is 24.3 Å². The van der Waals surface area contributed by atoms with E-state index < -0.39 is 7.94 Å². The van der Waals surface area contributed by atoms with Crippen LogP contribution in [0, 0.1) is 0 Å². The predicted molar refractivity (Wildman–Crippen MR) is 104 cm³/mol. The Hall–Kier alpha value is -0.730. The third-order valence-electron chi connectivity index (χ3n) is 3.25.